The lowest BCUT2D eigenvalue weighted by Crippen LogP contribution is -2.30. The van der Waals surface area contributed by atoms with E-state index in [1.54, 1.807) is 18.0 Å². The lowest BCUT2D eigenvalue weighted by Gasteiger charge is -2.24. The van der Waals surface area contributed by atoms with E-state index in [9.17, 15) is 10.1 Å². The molecule has 1 heterocycles. The van der Waals surface area contributed by atoms with Crippen molar-refractivity contribution in [1.29, 1.82) is 5.26 Å². The van der Waals surface area contributed by atoms with Crippen LogP contribution in [0.1, 0.15) is 31.9 Å². The molecule has 3 aromatic carbocycles. The fourth-order valence-electron chi connectivity index (χ4n) is 4.29. The molecule has 5 nitrogen and oxygen atoms in total. The second-order valence-electron chi connectivity index (χ2n) is 9.40. The fraction of sp³-hybridized carbons (Fsp3) is 0.258. The molecule has 0 fully saturated rings. The molecular weight excluding hydrogens is 478 g/mol. The maximum absolute atomic E-state index is 12.4. The van der Waals surface area contributed by atoms with Crippen LogP contribution in [0.4, 0.5) is 5.69 Å². The van der Waals surface area contributed by atoms with Gasteiger partial charge in [-0.2, -0.15) is 5.26 Å². The zero-order valence-corrected chi connectivity index (χ0v) is 22.5. The van der Waals surface area contributed by atoms with Gasteiger partial charge in [0, 0.05) is 34.3 Å². The zero-order valence-electron chi connectivity index (χ0n) is 21.7. The highest BCUT2D eigenvalue weighted by atomic mass is 32.2. The minimum Gasteiger partial charge on any atom is -0.465 e. The third-order valence-corrected chi connectivity index (χ3v) is 7.12. The summed E-state index contributed by atoms with van der Waals surface area (Å²) in [7, 11) is 0. The Hall–Kier alpha value is -3.82. The molecule has 188 valence electrons. The van der Waals surface area contributed by atoms with Gasteiger partial charge in [-0.3, -0.25) is 9.78 Å². The maximum Gasteiger partial charge on any atom is 0.325 e. The van der Waals surface area contributed by atoms with Crippen LogP contribution in [-0.2, 0) is 21.5 Å². The number of ether oxygens (including phenoxy) is 1. The minimum atomic E-state index is -0.629. The molecule has 0 saturated carbocycles. The summed E-state index contributed by atoms with van der Waals surface area (Å²) in [5.74, 6) is -0.255. The van der Waals surface area contributed by atoms with Gasteiger partial charge in [-0.05, 0) is 92.2 Å². The Bertz CT molecular complexity index is 1440. The van der Waals surface area contributed by atoms with Crippen molar-refractivity contribution in [3.05, 3.63) is 90.1 Å². The van der Waals surface area contributed by atoms with Crippen LogP contribution in [0.25, 0.3) is 22.0 Å². The van der Waals surface area contributed by atoms with Gasteiger partial charge in [-0.25, -0.2) is 0 Å². The first-order valence-corrected chi connectivity index (χ1v) is 13.5. The summed E-state index contributed by atoms with van der Waals surface area (Å²) in [4.78, 5) is 20.3. The molecule has 1 aromatic heterocycles. The van der Waals surface area contributed by atoms with E-state index in [0.717, 1.165) is 38.8 Å². The van der Waals surface area contributed by atoms with Crippen molar-refractivity contribution in [2.24, 2.45) is 0 Å². The SMILES string of the molecule is CCOC(=O)CN(Cc1cccc(-c2cc(C(C)(C)C#N)cc3cccnc23)c1)c1ccc(SC)cc1. The molecule has 37 heavy (non-hydrogen) atoms. The Morgan fingerprint density at radius 3 is 2.57 bits per heavy atom. The number of hydrogen-bond acceptors (Lipinski definition) is 6. The van der Waals surface area contributed by atoms with Gasteiger partial charge in [-0.1, -0.05) is 24.3 Å². The van der Waals surface area contributed by atoms with Crippen molar-refractivity contribution < 1.29 is 9.53 Å². The topological polar surface area (TPSA) is 66.2 Å². The largest absolute Gasteiger partial charge is 0.465 e. The van der Waals surface area contributed by atoms with Gasteiger partial charge in [0.25, 0.3) is 0 Å². The first kappa shape index (κ1) is 26.2. The highest BCUT2D eigenvalue weighted by Gasteiger charge is 2.22. The Morgan fingerprint density at radius 1 is 1.08 bits per heavy atom. The van der Waals surface area contributed by atoms with Crippen molar-refractivity contribution >= 4 is 34.3 Å². The number of hydrogen-bond donors (Lipinski definition) is 0. The number of nitrogens with zero attached hydrogens (tertiary/aromatic N) is 3. The molecule has 4 aromatic rings. The molecule has 0 radical (unpaired) electrons. The standard InChI is InChI=1S/C31H31N3O2S/c1-5-36-29(35)20-34(26-11-13-27(37-4)14-12-26)19-22-8-6-9-23(16-22)28-18-25(31(2,3)21-32)17-24-10-7-15-33-30(24)28/h6-18H,5,19-20H2,1-4H3. The maximum atomic E-state index is 12.4. The zero-order chi connectivity index (χ0) is 26.4. The summed E-state index contributed by atoms with van der Waals surface area (Å²) >= 11 is 1.68. The van der Waals surface area contributed by atoms with Crippen molar-refractivity contribution in [2.75, 3.05) is 24.3 Å². The summed E-state index contributed by atoms with van der Waals surface area (Å²) in [6.45, 7) is 6.73. The highest BCUT2D eigenvalue weighted by molar-refractivity contribution is 7.98. The predicted molar refractivity (Wildman–Crippen MR) is 152 cm³/mol. The Kier molecular flexibility index (Phi) is 8.15. The van der Waals surface area contributed by atoms with Gasteiger partial charge < -0.3 is 9.64 Å². The number of thioether (sulfide) groups is 1. The molecule has 0 spiro atoms. The van der Waals surface area contributed by atoms with Crippen LogP contribution in [0.3, 0.4) is 0 Å². The molecule has 6 heteroatoms. The summed E-state index contributed by atoms with van der Waals surface area (Å²) in [5.41, 5.74) is 5.24. The van der Waals surface area contributed by atoms with E-state index in [0.29, 0.717) is 13.2 Å². The van der Waals surface area contributed by atoms with Gasteiger partial charge in [0.2, 0.25) is 0 Å². The Morgan fingerprint density at radius 2 is 1.86 bits per heavy atom. The van der Waals surface area contributed by atoms with Crippen molar-refractivity contribution in [3.8, 4) is 17.2 Å². The summed E-state index contributed by atoms with van der Waals surface area (Å²) in [6, 6.07) is 27.0. The van der Waals surface area contributed by atoms with Gasteiger partial charge in [-0.15, -0.1) is 11.8 Å². The van der Waals surface area contributed by atoms with Crippen molar-refractivity contribution in [1.82, 2.24) is 4.98 Å². The molecule has 0 bridgehead atoms. The van der Waals surface area contributed by atoms with E-state index < -0.39 is 5.41 Å². The number of esters is 1. The quantitative estimate of drug-likeness (QED) is 0.179. The first-order valence-electron chi connectivity index (χ1n) is 12.3. The predicted octanol–water partition coefficient (Wildman–Crippen LogP) is 6.99. The van der Waals surface area contributed by atoms with Gasteiger partial charge in [0.05, 0.1) is 23.6 Å². The highest BCUT2D eigenvalue weighted by Crippen LogP contribution is 2.34. The number of carbonyl (C=O) groups excluding carboxylic acids is 1. The molecule has 0 saturated heterocycles. The second-order valence-corrected chi connectivity index (χ2v) is 10.3. The number of benzene rings is 3. The number of nitriles is 1. The number of rotatable bonds is 9. The first-order chi connectivity index (χ1) is 17.8. The van der Waals surface area contributed by atoms with Crippen LogP contribution in [0.2, 0.25) is 0 Å². The average Bonchev–Trinajstić information content (AvgIpc) is 2.92. The van der Waals surface area contributed by atoms with Crippen molar-refractivity contribution in [3.63, 3.8) is 0 Å². The molecule has 0 unspecified atom stereocenters. The van der Waals surface area contributed by atoms with Crippen LogP contribution < -0.4 is 4.90 Å². The number of anilines is 1. The monoisotopic (exact) mass is 509 g/mol. The number of carbonyl (C=O) groups is 1. The summed E-state index contributed by atoms with van der Waals surface area (Å²) in [6.07, 6.45) is 3.84. The molecule has 0 amide bonds. The average molecular weight is 510 g/mol. The van der Waals surface area contributed by atoms with Crippen LogP contribution in [0.15, 0.2) is 83.9 Å². The third kappa shape index (κ3) is 6.12. The van der Waals surface area contributed by atoms with Gasteiger partial charge >= 0.3 is 5.97 Å². The van der Waals surface area contributed by atoms with E-state index in [1.165, 1.54) is 4.90 Å². The normalized spacial score (nSPS) is 11.2. The number of pyridine rings is 1. The van der Waals surface area contributed by atoms with Crippen LogP contribution in [0, 0.1) is 11.3 Å². The minimum absolute atomic E-state index is 0.160. The second kappa shape index (κ2) is 11.5. The molecule has 0 aliphatic carbocycles. The number of aromatic nitrogens is 1. The fourth-order valence-corrected chi connectivity index (χ4v) is 4.70. The Balaban J connectivity index is 1.74. The van der Waals surface area contributed by atoms with E-state index in [2.05, 4.69) is 53.5 Å². The van der Waals surface area contributed by atoms with E-state index in [4.69, 9.17) is 4.74 Å². The molecule has 0 aliphatic heterocycles. The van der Waals surface area contributed by atoms with Gasteiger partial charge in [0.1, 0.15) is 6.54 Å². The van der Waals surface area contributed by atoms with E-state index in [-0.39, 0.29) is 12.5 Å². The van der Waals surface area contributed by atoms with E-state index in [1.807, 2.05) is 62.3 Å². The third-order valence-electron chi connectivity index (χ3n) is 6.38. The van der Waals surface area contributed by atoms with Gasteiger partial charge in [0.15, 0.2) is 0 Å². The smallest absolute Gasteiger partial charge is 0.325 e. The lowest BCUT2D eigenvalue weighted by atomic mass is 9.83. The summed E-state index contributed by atoms with van der Waals surface area (Å²) in [5, 5.41) is 10.8. The van der Waals surface area contributed by atoms with Crippen LogP contribution in [0.5, 0.6) is 0 Å². The lowest BCUT2D eigenvalue weighted by molar-refractivity contribution is -0.141. The van der Waals surface area contributed by atoms with Crippen molar-refractivity contribution in [2.45, 2.75) is 37.6 Å². The number of fused-ring (bicyclic) bond motifs is 1. The molecule has 0 atom stereocenters. The van der Waals surface area contributed by atoms with Crippen LogP contribution in [-0.4, -0.2) is 30.4 Å². The summed E-state index contributed by atoms with van der Waals surface area (Å²) < 4.78 is 5.25. The molecule has 0 N–H and O–H groups in total. The molecule has 4 rings (SSSR count). The molecule has 0 aliphatic rings. The van der Waals surface area contributed by atoms with Crippen LogP contribution >= 0.6 is 11.8 Å². The molecular formula is C31H31N3O2S. The Labute approximate surface area is 223 Å². The van der Waals surface area contributed by atoms with E-state index >= 15 is 0 Å².